The second-order valence-electron chi connectivity index (χ2n) is 4.69. The molecule has 0 aromatic heterocycles. The normalized spacial score (nSPS) is 24.8. The van der Waals surface area contributed by atoms with Crippen LogP contribution in [0.5, 0.6) is 0 Å². The first kappa shape index (κ1) is 11.9. The van der Waals surface area contributed by atoms with E-state index in [9.17, 15) is 0 Å². The van der Waals surface area contributed by atoms with Crippen LogP contribution in [0.2, 0.25) is 0 Å². The van der Waals surface area contributed by atoms with Crippen molar-refractivity contribution < 1.29 is 4.74 Å². The van der Waals surface area contributed by atoms with Gasteiger partial charge in [-0.15, -0.1) is 11.8 Å². The van der Waals surface area contributed by atoms with Gasteiger partial charge in [-0.25, -0.2) is 0 Å². The van der Waals surface area contributed by atoms with E-state index < -0.39 is 0 Å². The highest BCUT2D eigenvalue weighted by Gasteiger charge is 2.24. The molecule has 0 amide bonds. The van der Waals surface area contributed by atoms with Crippen LogP contribution in [0.25, 0.3) is 0 Å². The zero-order valence-corrected chi connectivity index (χ0v) is 11.6. The molecule has 17 heavy (non-hydrogen) atoms. The van der Waals surface area contributed by atoms with Gasteiger partial charge in [0.05, 0.1) is 0 Å². The zero-order chi connectivity index (χ0) is 11.5. The monoisotopic (exact) mass is 266 g/mol. The zero-order valence-electron chi connectivity index (χ0n) is 9.93. The molecule has 0 N–H and O–H groups in total. The Bertz CT molecular complexity index is 374. The van der Waals surface area contributed by atoms with E-state index in [2.05, 4.69) is 36.0 Å². The van der Waals surface area contributed by atoms with Gasteiger partial charge in [-0.1, -0.05) is 18.2 Å². The van der Waals surface area contributed by atoms with Crippen molar-refractivity contribution >= 4 is 23.5 Å². The van der Waals surface area contributed by atoms with Gasteiger partial charge in [-0.2, -0.15) is 11.8 Å². The average molecular weight is 266 g/mol. The number of ether oxygens (including phenoxy) is 1. The Morgan fingerprint density at radius 2 is 2.06 bits per heavy atom. The van der Waals surface area contributed by atoms with Gasteiger partial charge in [0.15, 0.2) is 0 Å². The molecule has 0 saturated carbocycles. The molecule has 1 atom stereocenters. The summed E-state index contributed by atoms with van der Waals surface area (Å²) < 4.78 is 5.41. The molecule has 0 spiro atoms. The summed E-state index contributed by atoms with van der Waals surface area (Å²) in [4.78, 5) is 1.50. The maximum absolute atomic E-state index is 5.41. The number of rotatable bonds is 3. The minimum absolute atomic E-state index is 0.768. The third kappa shape index (κ3) is 2.83. The molecule has 2 aliphatic rings. The Labute approximate surface area is 112 Å². The first-order valence-electron chi connectivity index (χ1n) is 6.34. The molecule has 1 aromatic rings. The van der Waals surface area contributed by atoms with Crippen LogP contribution in [-0.4, -0.2) is 30.0 Å². The first-order valence-corrected chi connectivity index (χ1v) is 8.38. The van der Waals surface area contributed by atoms with Crippen LogP contribution in [0, 0.1) is 0 Å². The van der Waals surface area contributed by atoms with Gasteiger partial charge >= 0.3 is 0 Å². The fourth-order valence-corrected chi connectivity index (χ4v) is 5.19. The molecule has 1 nitrogen and oxygen atoms in total. The van der Waals surface area contributed by atoms with Gasteiger partial charge in [-0.3, -0.25) is 0 Å². The van der Waals surface area contributed by atoms with Gasteiger partial charge < -0.3 is 4.74 Å². The summed E-state index contributed by atoms with van der Waals surface area (Å²) in [6.45, 7) is 1.93. The molecule has 1 saturated heterocycles. The van der Waals surface area contributed by atoms with Crippen LogP contribution in [0.4, 0.5) is 0 Å². The maximum atomic E-state index is 5.41. The summed E-state index contributed by atoms with van der Waals surface area (Å²) in [5.41, 5.74) is 1.58. The van der Waals surface area contributed by atoms with E-state index in [1.807, 2.05) is 11.8 Å². The summed E-state index contributed by atoms with van der Waals surface area (Å²) in [5, 5.41) is 0.835. The summed E-state index contributed by atoms with van der Waals surface area (Å²) >= 11 is 4.19. The van der Waals surface area contributed by atoms with Crippen molar-refractivity contribution in [2.45, 2.75) is 28.9 Å². The average Bonchev–Trinajstić information content (AvgIpc) is 2.81. The molecule has 0 aliphatic carbocycles. The fraction of sp³-hybridized carbons (Fsp3) is 0.571. The summed E-state index contributed by atoms with van der Waals surface area (Å²) in [6, 6.07) is 8.90. The smallest absolute Gasteiger partial charge is 0.0476 e. The minimum atomic E-state index is 0.768. The lowest BCUT2D eigenvalue weighted by Gasteiger charge is -2.22. The molecule has 1 fully saturated rings. The molecular formula is C14H18OS2. The molecule has 1 unspecified atom stereocenters. The van der Waals surface area contributed by atoms with Crippen molar-refractivity contribution in [3.63, 3.8) is 0 Å². The van der Waals surface area contributed by atoms with E-state index in [0.717, 1.165) is 24.4 Å². The van der Waals surface area contributed by atoms with Crippen molar-refractivity contribution in [2.75, 3.05) is 24.7 Å². The number of thioether (sulfide) groups is 2. The number of hydrogen-bond acceptors (Lipinski definition) is 3. The molecule has 2 heterocycles. The highest BCUT2D eigenvalue weighted by molar-refractivity contribution is 8.00. The lowest BCUT2D eigenvalue weighted by molar-refractivity contribution is 0.1000. The van der Waals surface area contributed by atoms with Crippen LogP contribution < -0.4 is 0 Å². The van der Waals surface area contributed by atoms with Crippen molar-refractivity contribution in [1.29, 1.82) is 0 Å². The Morgan fingerprint density at radius 3 is 2.94 bits per heavy atom. The predicted molar refractivity (Wildman–Crippen MR) is 76.2 cm³/mol. The molecule has 0 bridgehead atoms. The van der Waals surface area contributed by atoms with E-state index in [1.54, 1.807) is 5.56 Å². The Morgan fingerprint density at radius 1 is 1.24 bits per heavy atom. The Balaban J connectivity index is 1.56. The van der Waals surface area contributed by atoms with Gasteiger partial charge in [-0.05, 0) is 24.5 Å². The number of benzene rings is 1. The van der Waals surface area contributed by atoms with Gasteiger partial charge in [0.2, 0.25) is 0 Å². The van der Waals surface area contributed by atoms with Gasteiger partial charge in [0.1, 0.15) is 0 Å². The topological polar surface area (TPSA) is 9.23 Å². The molecule has 0 radical (unpaired) electrons. The van der Waals surface area contributed by atoms with Crippen molar-refractivity contribution in [3.05, 3.63) is 29.8 Å². The lowest BCUT2D eigenvalue weighted by atomic mass is 10.0. The predicted octanol–water partition coefficient (Wildman–Crippen LogP) is 3.79. The standard InChI is InChI=1S/C14H18OS2/c1-2-4-14-13(3-1)11(10-17-14)9-16-12-5-7-15-8-6-12/h1-4,11-12H,5-10H2. The summed E-state index contributed by atoms with van der Waals surface area (Å²) in [7, 11) is 0. The molecule has 92 valence electrons. The Kier molecular flexibility index (Phi) is 3.99. The molecule has 2 aliphatic heterocycles. The minimum Gasteiger partial charge on any atom is -0.381 e. The quantitative estimate of drug-likeness (QED) is 0.824. The summed E-state index contributed by atoms with van der Waals surface area (Å²) in [6.07, 6.45) is 2.48. The number of hydrogen-bond donors (Lipinski definition) is 0. The van der Waals surface area contributed by atoms with Gasteiger partial charge in [0, 0.05) is 40.8 Å². The highest BCUT2D eigenvalue weighted by atomic mass is 32.2. The largest absolute Gasteiger partial charge is 0.381 e. The maximum Gasteiger partial charge on any atom is 0.0476 e. The van der Waals surface area contributed by atoms with E-state index in [1.165, 1.54) is 29.2 Å². The highest BCUT2D eigenvalue weighted by Crippen LogP contribution is 2.41. The molecular weight excluding hydrogens is 248 g/mol. The van der Waals surface area contributed by atoms with Crippen molar-refractivity contribution in [1.82, 2.24) is 0 Å². The van der Waals surface area contributed by atoms with E-state index in [-0.39, 0.29) is 0 Å². The van der Waals surface area contributed by atoms with Crippen molar-refractivity contribution in [2.24, 2.45) is 0 Å². The van der Waals surface area contributed by atoms with E-state index >= 15 is 0 Å². The first-order chi connectivity index (χ1) is 8.43. The SMILES string of the molecule is c1ccc2c(c1)SCC2CSC1CCOCC1. The van der Waals surface area contributed by atoms with Crippen LogP contribution in [0.1, 0.15) is 24.3 Å². The van der Waals surface area contributed by atoms with Crippen LogP contribution >= 0.6 is 23.5 Å². The van der Waals surface area contributed by atoms with Crippen LogP contribution in [0.3, 0.4) is 0 Å². The van der Waals surface area contributed by atoms with E-state index in [4.69, 9.17) is 4.74 Å². The van der Waals surface area contributed by atoms with E-state index in [0.29, 0.717) is 0 Å². The number of fused-ring (bicyclic) bond motifs is 1. The molecule has 3 rings (SSSR count). The third-order valence-electron chi connectivity index (χ3n) is 3.50. The molecule has 3 heteroatoms. The summed E-state index contributed by atoms with van der Waals surface area (Å²) in [5.74, 6) is 3.33. The van der Waals surface area contributed by atoms with Gasteiger partial charge in [0.25, 0.3) is 0 Å². The van der Waals surface area contributed by atoms with Crippen LogP contribution in [0.15, 0.2) is 29.2 Å². The molecule has 1 aromatic carbocycles. The third-order valence-corrected chi connectivity index (χ3v) is 6.29. The fourth-order valence-electron chi connectivity index (χ4n) is 2.46. The van der Waals surface area contributed by atoms with Crippen molar-refractivity contribution in [3.8, 4) is 0 Å². The lowest BCUT2D eigenvalue weighted by Crippen LogP contribution is -2.18. The second-order valence-corrected chi connectivity index (χ2v) is 7.09. The second kappa shape index (κ2) is 5.68. The Hall–Kier alpha value is -0.120. The van der Waals surface area contributed by atoms with Crippen LogP contribution in [-0.2, 0) is 4.74 Å².